The Kier molecular flexibility index (Phi) is 4.93. The van der Waals surface area contributed by atoms with Crippen molar-refractivity contribution in [3.05, 3.63) is 29.8 Å². The number of aliphatic hydroxyl groups excluding tert-OH is 1. The van der Waals surface area contributed by atoms with E-state index in [2.05, 4.69) is 10.6 Å². The molecule has 1 unspecified atom stereocenters. The molecule has 2 fully saturated rings. The van der Waals surface area contributed by atoms with Crippen LogP contribution in [-0.4, -0.2) is 53.6 Å². The first kappa shape index (κ1) is 16.0. The van der Waals surface area contributed by atoms with Crippen LogP contribution in [0.3, 0.4) is 0 Å². The summed E-state index contributed by atoms with van der Waals surface area (Å²) in [4.78, 5) is 26.1. The minimum atomic E-state index is -0.342. The van der Waals surface area contributed by atoms with Crippen LogP contribution in [0.5, 0.6) is 0 Å². The summed E-state index contributed by atoms with van der Waals surface area (Å²) in [6.07, 6.45) is 3.46. The number of benzene rings is 1. The van der Waals surface area contributed by atoms with E-state index in [1.165, 1.54) is 0 Å². The molecule has 0 radical (unpaired) electrons. The van der Waals surface area contributed by atoms with Gasteiger partial charge in [-0.3, -0.25) is 14.5 Å². The van der Waals surface area contributed by atoms with Crippen molar-refractivity contribution in [2.75, 3.05) is 25.0 Å². The molecule has 1 aliphatic carbocycles. The number of carbonyl (C=O) groups excluding carboxylic acids is 2. The van der Waals surface area contributed by atoms with E-state index in [-0.39, 0.29) is 24.5 Å². The van der Waals surface area contributed by atoms with E-state index >= 15 is 0 Å². The molecular weight excluding hydrogens is 294 g/mol. The lowest BCUT2D eigenvalue weighted by Crippen LogP contribution is -2.42. The molecule has 0 aromatic heterocycles. The zero-order valence-electron chi connectivity index (χ0n) is 13.1. The Labute approximate surface area is 135 Å². The summed E-state index contributed by atoms with van der Waals surface area (Å²) in [5.74, 6) is -0.221. The van der Waals surface area contributed by atoms with E-state index < -0.39 is 0 Å². The van der Waals surface area contributed by atoms with Crippen LogP contribution >= 0.6 is 0 Å². The van der Waals surface area contributed by atoms with Gasteiger partial charge in [-0.15, -0.1) is 0 Å². The standard InChI is InChI=1S/C17H23N3O3/c21-15-5-2-8-20(10-15)11-16(22)18-14-4-1-3-12(9-14)17(23)19-13-6-7-13/h1,3-4,9,13,15,21H,2,5-8,10-11H2,(H,18,22)(H,19,23). The number of hydrogen-bond donors (Lipinski definition) is 3. The van der Waals surface area contributed by atoms with Crippen molar-refractivity contribution >= 4 is 17.5 Å². The molecule has 2 aliphatic rings. The van der Waals surface area contributed by atoms with Crippen LogP contribution in [0.2, 0.25) is 0 Å². The molecule has 0 bridgehead atoms. The SMILES string of the molecule is O=C(CN1CCCC(O)C1)Nc1cccc(C(=O)NC2CC2)c1. The maximum atomic E-state index is 12.1. The number of amides is 2. The molecule has 1 heterocycles. The number of piperidine rings is 1. The van der Waals surface area contributed by atoms with Gasteiger partial charge in [0.25, 0.3) is 5.91 Å². The van der Waals surface area contributed by atoms with Gasteiger partial charge in [-0.05, 0) is 50.4 Å². The highest BCUT2D eigenvalue weighted by Gasteiger charge is 2.24. The second-order valence-corrected chi connectivity index (χ2v) is 6.41. The number of nitrogens with one attached hydrogen (secondary N) is 2. The highest BCUT2D eigenvalue weighted by Crippen LogP contribution is 2.20. The zero-order chi connectivity index (χ0) is 16.2. The van der Waals surface area contributed by atoms with Gasteiger partial charge in [-0.2, -0.15) is 0 Å². The minimum absolute atomic E-state index is 0.0947. The van der Waals surface area contributed by atoms with Gasteiger partial charge in [0.15, 0.2) is 0 Å². The smallest absolute Gasteiger partial charge is 0.251 e. The summed E-state index contributed by atoms with van der Waals surface area (Å²) in [5, 5.41) is 15.4. The van der Waals surface area contributed by atoms with Gasteiger partial charge < -0.3 is 15.7 Å². The molecule has 0 spiro atoms. The van der Waals surface area contributed by atoms with Gasteiger partial charge in [0, 0.05) is 23.8 Å². The number of aliphatic hydroxyl groups is 1. The first-order valence-corrected chi connectivity index (χ1v) is 8.21. The Bertz CT molecular complexity index is 586. The number of anilines is 1. The first-order valence-electron chi connectivity index (χ1n) is 8.21. The van der Waals surface area contributed by atoms with E-state index in [1.807, 2.05) is 4.90 Å². The highest BCUT2D eigenvalue weighted by molar-refractivity contribution is 5.97. The average molecular weight is 317 g/mol. The fourth-order valence-electron chi connectivity index (χ4n) is 2.81. The van der Waals surface area contributed by atoms with Crippen LogP contribution in [0.4, 0.5) is 5.69 Å². The van der Waals surface area contributed by atoms with Crippen molar-refractivity contribution in [2.45, 2.75) is 37.8 Å². The Hall–Kier alpha value is -1.92. The van der Waals surface area contributed by atoms with Crippen LogP contribution in [0.15, 0.2) is 24.3 Å². The zero-order valence-corrected chi connectivity index (χ0v) is 13.1. The van der Waals surface area contributed by atoms with E-state index in [0.717, 1.165) is 32.2 Å². The quantitative estimate of drug-likeness (QED) is 0.756. The summed E-state index contributed by atoms with van der Waals surface area (Å²) in [6, 6.07) is 7.29. The first-order chi connectivity index (χ1) is 11.1. The molecule has 1 aromatic carbocycles. The Morgan fingerprint density at radius 2 is 2.09 bits per heavy atom. The molecule has 23 heavy (non-hydrogen) atoms. The van der Waals surface area contributed by atoms with Crippen LogP contribution in [0.1, 0.15) is 36.0 Å². The summed E-state index contributed by atoms with van der Waals surface area (Å²) in [6.45, 7) is 1.63. The summed E-state index contributed by atoms with van der Waals surface area (Å²) in [7, 11) is 0. The number of likely N-dealkylation sites (tertiary alicyclic amines) is 1. The highest BCUT2D eigenvalue weighted by atomic mass is 16.3. The number of carbonyl (C=O) groups is 2. The third-order valence-corrected chi connectivity index (χ3v) is 4.17. The Morgan fingerprint density at radius 1 is 1.26 bits per heavy atom. The predicted octanol–water partition coefficient (Wildman–Crippen LogP) is 0.974. The fraction of sp³-hybridized carbons (Fsp3) is 0.529. The molecular formula is C17H23N3O3. The molecule has 6 heteroatoms. The topological polar surface area (TPSA) is 81.7 Å². The van der Waals surface area contributed by atoms with E-state index in [1.54, 1.807) is 24.3 Å². The van der Waals surface area contributed by atoms with Gasteiger partial charge >= 0.3 is 0 Å². The fourth-order valence-corrected chi connectivity index (χ4v) is 2.81. The van der Waals surface area contributed by atoms with Crippen LogP contribution in [-0.2, 0) is 4.79 Å². The lowest BCUT2D eigenvalue weighted by molar-refractivity contribution is -0.118. The number of nitrogens with zero attached hydrogens (tertiary/aromatic N) is 1. The molecule has 1 saturated carbocycles. The van der Waals surface area contributed by atoms with Crippen molar-refractivity contribution in [3.8, 4) is 0 Å². The maximum absolute atomic E-state index is 12.1. The van der Waals surface area contributed by atoms with Crippen LogP contribution < -0.4 is 10.6 Å². The molecule has 3 rings (SSSR count). The van der Waals surface area contributed by atoms with Gasteiger partial charge in [-0.1, -0.05) is 6.07 Å². The van der Waals surface area contributed by atoms with Crippen molar-refractivity contribution in [1.82, 2.24) is 10.2 Å². The van der Waals surface area contributed by atoms with Gasteiger partial charge in [0.2, 0.25) is 5.91 Å². The second-order valence-electron chi connectivity index (χ2n) is 6.41. The molecule has 3 N–H and O–H groups in total. The molecule has 124 valence electrons. The molecule has 6 nitrogen and oxygen atoms in total. The lowest BCUT2D eigenvalue weighted by atomic mass is 10.1. The van der Waals surface area contributed by atoms with Crippen molar-refractivity contribution in [2.24, 2.45) is 0 Å². The van der Waals surface area contributed by atoms with Crippen LogP contribution in [0, 0.1) is 0 Å². The van der Waals surface area contributed by atoms with E-state index in [9.17, 15) is 14.7 Å². The largest absolute Gasteiger partial charge is 0.392 e. The maximum Gasteiger partial charge on any atom is 0.251 e. The predicted molar refractivity (Wildman–Crippen MR) is 87.2 cm³/mol. The molecule has 2 amide bonds. The van der Waals surface area contributed by atoms with Crippen molar-refractivity contribution in [1.29, 1.82) is 0 Å². The average Bonchev–Trinajstić information content (AvgIpc) is 3.31. The van der Waals surface area contributed by atoms with Gasteiger partial charge in [0.05, 0.1) is 12.6 Å². The molecule has 1 atom stereocenters. The summed E-state index contributed by atoms with van der Waals surface area (Å²) < 4.78 is 0. The Morgan fingerprint density at radius 3 is 2.83 bits per heavy atom. The monoisotopic (exact) mass is 317 g/mol. The van der Waals surface area contributed by atoms with Crippen molar-refractivity contribution < 1.29 is 14.7 Å². The molecule has 1 saturated heterocycles. The molecule has 1 aromatic rings. The summed E-state index contributed by atoms with van der Waals surface area (Å²) >= 11 is 0. The normalized spacial score (nSPS) is 21.7. The third kappa shape index (κ3) is 4.77. The number of hydrogen-bond acceptors (Lipinski definition) is 4. The van der Waals surface area contributed by atoms with Gasteiger partial charge in [-0.25, -0.2) is 0 Å². The van der Waals surface area contributed by atoms with E-state index in [4.69, 9.17) is 0 Å². The lowest BCUT2D eigenvalue weighted by Gasteiger charge is -2.29. The third-order valence-electron chi connectivity index (χ3n) is 4.17. The van der Waals surface area contributed by atoms with Crippen molar-refractivity contribution in [3.63, 3.8) is 0 Å². The minimum Gasteiger partial charge on any atom is -0.392 e. The summed E-state index contributed by atoms with van der Waals surface area (Å²) in [5.41, 5.74) is 1.18. The number of rotatable bonds is 5. The number of β-amino-alcohol motifs (C(OH)–C–C–N with tert-alkyl or cyclic N) is 1. The van der Waals surface area contributed by atoms with E-state index in [0.29, 0.717) is 23.8 Å². The van der Waals surface area contributed by atoms with Crippen LogP contribution in [0.25, 0.3) is 0 Å². The van der Waals surface area contributed by atoms with Gasteiger partial charge in [0.1, 0.15) is 0 Å². The molecule has 1 aliphatic heterocycles. The second kappa shape index (κ2) is 7.10. The Balaban J connectivity index is 1.54.